The van der Waals surface area contributed by atoms with E-state index in [2.05, 4.69) is 15.9 Å². The zero-order valence-corrected chi connectivity index (χ0v) is 15.0. The van der Waals surface area contributed by atoms with E-state index in [-0.39, 0.29) is 19.4 Å². The fraction of sp³-hybridized carbons (Fsp3) is 0.278. The van der Waals surface area contributed by atoms with Gasteiger partial charge in [-0.15, -0.1) is 0 Å². The van der Waals surface area contributed by atoms with Crippen molar-refractivity contribution in [3.05, 3.63) is 57.0 Å². The summed E-state index contributed by atoms with van der Waals surface area (Å²) in [4.78, 5) is 12.6. The molecule has 4 nitrogen and oxygen atoms in total. The summed E-state index contributed by atoms with van der Waals surface area (Å²) in [6.07, 6.45) is 1.60. The molecule has 0 atom stereocenters. The van der Waals surface area contributed by atoms with E-state index in [9.17, 15) is 4.79 Å². The second-order valence-electron chi connectivity index (χ2n) is 5.96. The van der Waals surface area contributed by atoms with E-state index in [0.717, 1.165) is 28.4 Å². The summed E-state index contributed by atoms with van der Waals surface area (Å²) in [6.45, 7) is 0.399. The molecule has 2 aliphatic rings. The first-order valence-corrected chi connectivity index (χ1v) is 8.77. The molecule has 124 valence electrons. The van der Waals surface area contributed by atoms with Crippen molar-refractivity contribution in [2.24, 2.45) is 0 Å². The largest absolute Gasteiger partial charge is 0.460 e. The lowest BCUT2D eigenvalue weighted by atomic mass is 9.96. The predicted octanol–water partition coefficient (Wildman–Crippen LogP) is 4.61. The van der Waals surface area contributed by atoms with E-state index in [1.165, 1.54) is 0 Å². The van der Waals surface area contributed by atoms with Crippen LogP contribution in [0.25, 0.3) is 0 Å². The van der Waals surface area contributed by atoms with Gasteiger partial charge in [0.05, 0.1) is 5.41 Å². The van der Waals surface area contributed by atoms with Crippen LogP contribution < -0.4 is 9.47 Å². The van der Waals surface area contributed by atoms with Crippen molar-refractivity contribution in [1.82, 2.24) is 0 Å². The second kappa shape index (κ2) is 5.97. The van der Waals surface area contributed by atoms with E-state index < -0.39 is 5.41 Å². The van der Waals surface area contributed by atoms with Gasteiger partial charge in [-0.05, 0) is 42.7 Å². The van der Waals surface area contributed by atoms with Crippen molar-refractivity contribution in [2.45, 2.75) is 24.9 Å². The molecule has 0 saturated heterocycles. The normalized spacial score (nSPS) is 16.8. The summed E-state index contributed by atoms with van der Waals surface area (Å²) >= 11 is 9.40. The average Bonchev–Trinajstić information content (AvgIpc) is 3.26. The summed E-state index contributed by atoms with van der Waals surface area (Å²) < 4.78 is 17.1. The molecule has 1 aliphatic carbocycles. The molecule has 6 heteroatoms. The van der Waals surface area contributed by atoms with Crippen LogP contribution in [-0.2, 0) is 21.6 Å². The monoisotopic (exact) mass is 408 g/mol. The van der Waals surface area contributed by atoms with Crippen molar-refractivity contribution >= 4 is 33.5 Å². The molecule has 1 fully saturated rings. The van der Waals surface area contributed by atoms with E-state index in [1.54, 1.807) is 12.1 Å². The topological polar surface area (TPSA) is 44.8 Å². The minimum atomic E-state index is -0.520. The van der Waals surface area contributed by atoms with Crippen LogP contribution >= 0.6 is 27.5 Å². The number of halogens is 2. The number of carbonyl (C=O) groups is 1. The molecule has 0 bridgehead atoms. The Labute approximate surface area is 152 Å². The average molecular weight is 410 g/mol. The summed E-state index contributed by atoms with van der Waals surface area (Å²) in [5, 5.41) is 0.659. The molecule has 0 spiro atoms. The van der Waals surface area contributed by atoms with Gasteiger partial charge in [0.15, 0.2) is 11.5 Å². The highest BCUT2D eigenvalue weighted by Gasteiger charge is 2.52. The molecule has 0 aromatic heterocycles. The number of rotatable bonds is 4. The first kappa shape index (κ1) is 15.8. The Balaban J connectivity index is 1.48. The van der Waals surface area contributed by atoms with E-state index in [1.807, 2.05) is 24.3 Å². The van der Waals surface area contributed by atoms with Gasteiger partial charge in [0, 0.05) is 15.1 Å². The number of esters is 1. The number of hydrogen-bond donors (Lipinski definition) is 0. The highest BCUT2D eigenvalue weighted by molar-refractivity contribution is 9.10. The highest BCUT2D eigenvalue weighted by Crippen LogP contribution is 2.49. The third kappa shape index (κ3) is 2.76. The first-order chi connectivity index (χ1) is 11.6. The maximum Gasteiger partial charge on any atom is 0.316 e. The maximum absolute atomic E-state index is 12.6. The lowest BCUT2D eigenvalue weighted by Gasteiger charge is -2.15. The summed E-state index contributed by atoms with van der Waals surface area (Å²) in [5.41, 5.74) is 1.29. The Morgan fingerprint density at radius 2 is 1.83 bits per heavy atom. The van der Waals surface area contributed by atoms with Crippen molar-refractivity contribution in [3.63, 3.8) is 0 Å². The number of fused-ring (bicyclic) bond motifs is 1. The summed E-state index contributed by atoms with van der Waals surface area (Å²) in [6, 6.07) is 11.1. The molecule has 0 unspecified atom stereocenters. The third-order valence-corrected chi connectivity index (χ3v) is 5.43. The molecule has 1 heterocycles. The molecule has 0 radical (unpaired) electrons. The minimum Gasteiger partial charge on any atom is -0.460 e. The van der Waals surface area contributed by atoms with Crippen LogP contribution in [0.1, 0.15) is 24.0 Å². The number of carbonyl (C=O) groups excluding carboxylic acids is 1. The van der Waals surface area contributed by atoms with Crippen LogP contribution in [0.5, 0.6) is 11.5 Å². The Hall–Kier alpha value is -1.72. The lowest BCUT2D eigenvalue weighted by Crippen LogP contribution is -2.23. The van der Waals surface area contributed by atoms with Crippen LogP contribution in [0.15, 0.2) is 40.9 Å². The van der Waals surface area contributed by atoms with Crippen LogP contribution in [0.4, 0.5) is 0 Å². The third-order valence-electron chi connectivity index (χ3n) is 4.44. The van der Waals surface area contributed by atoms with Gasteiger partial charge in [0.1, 0.15) is 6.61 Å². The predicted molar refractivity (Wildman–Crippen MR) is 92.4 cm³/mol. The smallest absolute Gasteiger partial charge is 0.316 e. The molecule has 0 amide bonds. The highest BCUT2D eigenvalue weighted by atomic mass is 79.9. The number of hydrogen-bond acceptors (Lipinski definition) is 4. The fourth-order valence-corrected chi connectivity index (χ4v) is 3.42. The second-order valence-corrected chi connectivity index (χ2v) is 7.25. The van der Waals surface area contributed by atoms with Crippen LogP contribution in [0.3, 0.4) is 0 Å². The van der Waals surface area contributed by atoms with Gasteiger partial charge >= 0.3 is 5.97 Å². The van der Waals surface area contributed by atoms with Crippen molar-refractivity contribution < 1.29 is 19.0 Å². The Morgan fingerprint density at radius 3 is 2.50 bits per heavy atom. The Kier molecular flexibility index (Phi) is 3.93. The van der Waals surface area contributed by atoms with Gasteiger partial charge in [-0.2, -0.15) is 0 Å². The summed E-state index contributed by atoms with van der Waals surface area (Å²) in [7, 11) is 0. The Morgan fingerprint density at radius 1 is 1.17 bits per heavy atom. The van der Waals surface area contributed by atoms with Gasteiger partial charge in [0.25, 0.3) is 0 Å². The first-order valence-electron chi connectivity index (χ1n) is 7.60. The number of benzene rings is 2. The zero-order chi connectivity index (χ0) is 16.7. The summed E-state index contributed by atoms with van der Waals surface area (Å²) in [5.74, 6) is 1.16. The van der Waals surface area contributed by atoms with E-state index in [0.29, 0.717) is 16.5 Å². The van der Waals surface area contributed by atoms with Gasteiger partial charge in [-0.1, -0.05) is 39.7 Å². The molecule has 1 saturated carbocycles. The molecular formula is C18H14BrClO4. The lowest BCUT2D eigenvalue weighted by molar-refractivity contribution is -0.148. The van der Waals surface area contributed by atoms with Crippen molar-refractivity contribution in [2.75, 3.05) is 6.79 Å². The maximum atomic E-state index is 12.6. The van der Waals surface area contributed by atoms with Crippen molar-refractivity contribution in [3.8, 4) is 11.5 Å². The zero-order valence-electron chi connectivity index (χ0n) is 12.7. The Bertz CT molecular complexity index is 799. The van der Waals surface area contributed by atoms with Crippen LogP contribution in [0, 0.1) is 0 Å². The van der Waals surface area contributed by atoms with Gasteiger partial charge < -0.3 is 14.2 Å². The molecule has 24 heavy (non-hydrogen) atoms. The minimum absolute atomic E-state index is 0.186. The van der Waals surface area contributed by atoms with E-state index >= 15 is 0 Å². The van der Waals surface area contributed by atoms with Crippen LogP contribution in [-0.4, -0.2) is 12.8 Å². The van der Waals surface area contributed by atoms with E-state index in [4.69, 9.17) is 25.8 Å². The molecule has 2 aromatic rings. The van der Waals surface area contributed by atoms with Gasteiger partial charge in [0.2, 0.25) is 6.79 Å². The molecule has 2 aromatic carbocycles. The fourth-order valence-electron chi connectivity index (χ4n) is 2.86. The molecule has 4 rings (SSSR count). The van der Waals surface area contributed by atoms with Crippen LogP contribution in [0.2, 0.25) is 5.02 Å². The standard InChI is InChI=1S/C18H14BrClO4/c19-14-8-16-15(23-10-24-16)7-11(14)9-22-17(21)18(5-6-18)12-1-3-13(20)4-2-12/h1-4,7-8H,5-6,9-10H2. The quantitative estimate of drug-likeness (QED) is 0.692. The number of ether oxygens (including phenoxy) is 3. The molecular weight excluding hydrogens is 396 g/mol. The van der Waals surface area contributed by atoms with Crippen molar-refractivity contribution in [1.29, 1.82) is 0 Å². The van der Waals surface area contributed by atoms with Gasteiger partial charge in [-0.25, -0.2) is 0 Å². The molecule has 0 N–H and O–H groups in total. The SMILES string of the molecule is O=C(OCc1cc2c(cc1Br)OCO2)C1(c2ccc(Cl)cc2)CC1. The molecule has 1 aliphatic heterocycles. The van der Waals surface area contributed by atoms with Gasteiger partial charge in [-0.3, -0.25) is 4.79 Å².